The van der Waals surface area contributed by atoms with Crippen molar-refractivity contribution >= 4 is 17.7 Å². The first kappa shape index (κ1) is 13.9. The van der Waals surface area contributed by atoms with Gasteiger partial charge in [0.05, 0.1) is 25.7 Å². The normalized spacial score (nSPS) is 16.1. The van der Waals surface area contributed by atoms with Crippen molar-refractivity contribution in [1.29, 1.82) is 0 Å². The standard InChI is InChI=1S/C13H13NO6/c1-18-11-7-8(5-9-3-4-20-13(9)15)6-10(14(16)17)12(11)19-2/h5-7H,3-4H2,1-2H3/b9-5+. The highest BCUT2D eigenvalue weighted by atomic mass is 16.6. The van der Waals surface area contributed by atoms with Gasteiger partial charge < -0.3 is 14.2 Å². The largest absolute Gasteiger partial charge is 0.493 e. The van der Waals surface area contributed by atoms with Gasteiger partial charge in [-0.15, -0.1) is 0 Å². The van der Waals surface area contributed by atoms with Gasteiger partial charge in [-0.3, -0.25) is 10.1 Å². The van der Waals surface area contributed by atoms with Crippen molar-refractivity contribution in [3.05, 3.63) is 33.4 Å². The van der Waals surface area contributed by atoms with E-state index in [1.165, 1.54) is 20.3 Å². The third-order valence-corrected chi connectivity index (χ3v) is 2.89. The summed E-state index contributed by atoms with van der Waals surface area (Å²) >= 11 is 0. The predicted octanol–water partition coefficient (Wildman–Crippen LogP) is 1.94. The maximum Gasteiger partial charge on any atom is 0.334 e. The second-order valence-electron chi connectivity index (χ2n) is 4.09. The Hall–Kier alpha value is -2.57. The summed E-state index contributed by atoms with van der Waals surface area (Å²) in [4.78, 5) is 21.9. The van der Waals surface area contributed by atoms with Crippen LogP contribution < -0.4 is 9.47 Å². The summed E-state index contributed by atoms with van der Waals surface area (Å²) in [6.07, 6.45) is 2.05. The first-order valence-corrected chi connectivity index (χ1v) is 5.85. The Kier molecular flexibility index (Phi) is 3.88. The van der Waals surface area contributed by atoms with Crippen LogP contribution >= 0.6 is 0 Å². The molecule has 20 heavy (non-hydrogen) atoms. The van der Waals surface area contributed by atoms with E-state index in [0.717, 1.165) is 0 Å². The molecule has 0 radical (unpaired) electrons. The molecule has 0 N–H and O–H groups in total. The van der Waals surface area contributed by atoms with Crippen LogP contribution in [0.3, 0.4) is 0 Å². The molecule has 1 aliphatic heterocycles. The number of benzene rings is 1. The van der Waals surface area contributed by atoms with Gasteiger partial charge in [0, 0.05) is 18.1 Å². The molecule has 1 saturated heterocycles. The molecular weight excluding hydrogens is 266 g/mol. The molecule has 0 atom stereocenters. The van der Waals surface area contributed by atoms with Gasteiger partial charge in [0.15, 0.2) is 5.75 Å². The fraction of sp³-hybridized carbons (Fsp3) is 0.308. The number of hydrogen-bond acceptors (Lipinski definition) is 6. The zero-order valence-corrected chi connectivity index (χ0v) is 11.0. The average Bonchev–Trinajstić information content (AvgIpc) is 2.83. The summed E-state index contributed by atoms with van der Waals surface area (Å²) in [5.74, 6) is -0.115. The van der Waals surface area contributed by atoms with E-state index in [1.807, 2.05) is 0 Å². The highest BCUT2D eigenvalue weighted by Gasteiger charge is 2.23. The van der Waals surface area contributed by atoms with E-state index in [1.54, 1.807) is 12.1 Å². The van der Waals surface area contributed by atoms with E-state index in [0.29, 0.717) is 24.2 Å². The molecule has 1 fully saturated rings. The van der Waals surface area contributed by atoms with Gasteiger partial charge in [-0.2, -0.15) is 0 Å². The molecule has 7 heteroatoms. The smallest absolute Gasteiger partial charge is 0.334 e. The van der Waals surface area contributed by atoms with Crippen molar-refractivity contribution in [1.82, 2.24) is 0 Å². The van der Waals surface area contributed by atoms with E-state index >= 15 is 0 Å². The van der Waals surface area contributed by atoms with Crippen LogP contribution in [0.1, 0.15) is 12.0 Å². The van der Waals surface area contributed by atoms with Crippen LogP contribution in [-0.4, -0.2) is 31.7 Å². The lowest BCUT2D eigenvalue weighted by atomic mass is 10.1. The lowest BCUT2D eigenvalue weighted by Gasteiger charge is -2.09. The quantitative estimate of drug-likeness (QED) is 0.362. The summed E-state index contributed by atoms with van der Waals surface area (Å²) in [6, 6.07) is 2.91. The number of esters is 1. The minimum Gasteiger partial charge on any atom is -0.493 e. The molecule has 0 unspecified atom stereocenters. The van der Waals surface area contributed by atoms with Crippen LogP contribution in [0.2, 0.25) is 0 Å². The number of nitro groups is 1. The maximum absolute atomic E-state index is 11.4. The fourth-order valence-corrected chi connectivity index (χ4v) is 1.96. The number of carbonyl (C=O) groups excluding carboxylic acids is 1. The van der Waals surface area contributed by atoms with Crippen molar-refractivity contribution in [2.45, 2.75) is 6.42 Å². The molecule has 0 saturated carbocycles. The number of nitro benzene ring substituents is 1. The van der Waals surface area contributed by atoms with Crippen molar-refractivity contribution in [2.24, 2.45) is 0 Å². The van der Waals surface area contributed by atoms with Gasteiger partial charge in [-0.25, -0.2) is 4.79 Å². The lowest BCUT2D eigenvalue weighted by Crippen LogP contribution is -1.99. The highest BCUT2D eigenvalue weighted by Crippen LogP contribution is 2.38. The molecule has 106 valence electrons. The van der Waals surface area contributed by atoms with Crippen LogP contribution in [0.15, 0.2) is 17.7 Å². The summed E-state index contributed by atoms with van der Waals surface area (Å²) in [6.45, 7) is 0.333. The van der Waals surface area contributed by atoms with Crippen LogP contribution in [0.5, 0.6) is 11.5 Å². The Bertz CT molecular complexity index is 593. The van der Waals surface area contributed by atoms with Gasteiger partial charge in [0.25, 0.3) is 0 Å². The van der Waals surface area contributed by atoms with Crippen LogP contribution in [0.25, 0.3) is 6.08 Å². The Morgan fingerprint density at radius 3 is 2.60 bits per heavy atom. The number of methoxy groups -OCH3 is 2. The Morgan fingerprint density at radius 1 is 1.35 bits per heavy atom. The molecule has 0 amide bonds. The van der Waals surface area contributed by atoms with Gasteiger partial charge in [-0.1, -0.05) is 0 Å². The SMILES string of the molecule is COc1cc(/C=C2\CCOC2=O)cc([N+](=O)[O-])c1OC. The molecule has 0 spiro atoms. The zero-order chi connectivity index (χ0) is 14.7. The Balaban J connectivity index is 2.52. The number of carbonyl (C=O) groups is 1. The van der Waals surface area contributed by atoms with E-state index in [4.69, 9.17) is 14.2 Å². The van der Waals surface area contributed by atoms with Crippen molar-refractivity contribution in [3.63, 3.8) is 0 Å². The van der Waals surface area contributed by atoms with E-state index in [-0.39, 0.29) is 17.2 Å². The topological polar surface area (TPSA) is 87.9 Å². The Labute approximate surface area is 114 Å². The second kappa shape index (κ2) is 5.60. The molecule has 1 aromatic carbocycles. The van der Waals surface area contributed by atoms with Crippen molar-refractivity contribution in [3.8, 4) is 11.5 Å². The van der Waals surface area contributed by atoms with Crippen LogP contribution in [0, 0.1) is 10.1 Å². The molecule has 0 aliphatic carbocycles. The summed E-state index contributed by atoms with van der Waals surface area (Å²) in [5.41, 5.74) is 0.750. The summed E-state index contributed by atoms with van der Waals surface area (Å²) in [5, 5.41) is 11.1. The number of ether oxygens (including phenoxy) is 3. The first-order chi connectivity index (χ1) is 9.56. The van der Waals surface area contributed by atoms with Crippen molar-refractivity contribution in [2.75, 3.05) is 20.8 Å². The van der Waals surface area contributed by atoms with Crippen LogP contribution in [-0.2, 0) is 9.53 Å². The van der Waals surface area contributed by atoms with E-state index < -0.39 is 10.9 Å². The number of cyclic esters (lactones) is 1. The van der Waals surface area contributed by atoms with Gasteiger partial charge in [0.2, 0.25) is 5.75 Å². The van der Waals surface area contributed by atoms with Gasteiger partial charge >= 0.3 is 11.7 Å². The number of nitrogens with zero attached hydrogens (tertiary/aromatic N) is 1. The number of rotatable bonds is 4. The molecule has 1 aromatic rings. The molecular formula is C13H13NO6. The molecule has 0 aromatic heterocycles. The van der Waals surface area contributed by atoms with Crippen molar-refractivity contribution < 1.29 is 23.9 Å². The van der Waals surface area contributed by atoms with E-state index in [2.05, 4.69) is 0 Å². The lowest BCUT2D eigenvalue weighted by molar-refractivity contribution is -0.385. The van der Waals surface area contributed by atoms with Gasteiger partial charge in [-0.05, 0) is 17.7 Å². The van der Waals surface area contributed by atoms with E-state index in [9.17, 15) is 14.9 Å². The maximum atomic E-state index is 11.4. The molecule has 1 aliphatic rings. The van der Waals surface area contributed by atoms with Crippen LogP contribution in [0.4, 0.5) is 5.69 Å². The molecule has 1 heterocycles. The third kappa shape index (κ3) is 2.56. The minimum atomic E-state index is -0.559. The number of hydrogen-bond donors (Lipinski definition) is 0. The fourth-order valence-electron chi connectivity index (χ4n) is 1.96. The predicted molar refractivity (Wildman–Crippen MR) is 69.8 cm³/mol. The molecule has 7 nitrogen and oxygen atoms in total. The van der Waals surface area contributed by atoms with Gasteiger partial charge in [0.1, 0.15) is 0 Å². The summed E-state index contributed by atoms with van der Waals surface area (Å²) < 4.78 is 14.9. The monoisotopic (exact) mass is 279 g/mol. The zero-order valence-electron chi connectivity index (χ0n) is 11.0. The first-order valence-electron chi connectivity index (χ1n) is 5.85. The minimum absolute atomic E-state index is 0.0497. The average molecular weight is 279 g/mol. The Morgan fingerprint density at radius 2 is 2.10 bits per heavy atom. The third-order valence-electron chi connectivity index (χ3n) is 2.89. The molecule has 0 bridgehead atoms. The summed E-state index contributed by atoms with van der Waals surface area (Å²) in [7, 11) is 2.72. The molecule has 2 rings (SSSR count). The second-order valence-corrected chi connectivity index (χ2v) is 4.09. The highest BCUT2D eigenvalue weighted by molar-refractivity contribution is 5.95.